The molecule has 0 aromatic heterocycles. The summed E-state index contributed by atoms with van der Waals surface area (Å²) >= 11 is 0. The molecular weight excluding hydrogens is 285 g/mol. The molecule has 0 aliphatic rings. The zero-order valence-corrected chi connectivity index (χ0v) is 12.4. The molecule has 0 saturated heterocycles. The summed E-state index contributed by atoms with van der Waals surface area (Å²) in [5, 5.41) is 11.7. The highest BCUT2D eigenvalue weighted by Crippen LogP contribution is 2.21. The largest absolute Gasteiger partial charge is 0.480 e. The van der Waals surface area contributed by atoms with Gasteiger partial charge in [0, 0.05) is 6.26 Å². The summed E-state index contributed by atoms with van der Waals surface area (Å²) in [7, 11) is -3.49. The SMILES string of the molecule is CC(C)C[C@H](Nc1ccc(S(C)(=O)=O)cc1F)C(=O)O. The third kappa shape index (κ3) is 4.48. The van der Waals surface area contributed by atoms with Gasteiger partial charge in [-0.25, -0.2) is 17.6 Å². The molecule has 5 nitrogen and oxygen atoms in total. The molecule has 7 heteroatoms. The second-order valence-electron chi connectivity index (χ2n) is 5.08. The highest BCUT2D eigenvalue weighted by molar-refractivity contribution is 7.90. The number of carbonyl (C=O) groups is 1. The van der Waals surface area contributed by atoms with Crippen molar-refractivity contribution in [3.63, 3.8) is 0 Å². The van der Waals surface area contributed by atoms with Crippen LogP contribution in [-0.2, 0) is 14.6 Å². The number of halogens is 1. The first-order valence-electron chi connectivity index (χ1n) is 6.10. The molecule has 20 heavy (non-hydrogen) atoms. The van der Waals surface area contributed by atoms with E-state index in [1.165, 1.54) is 12.1 Å². The predicted octanol–water partition coefficient (Wildman–Crippen LogP) is 2.14. The fraction of sp³-hybridized carbons (Fsp3) is 0.462. The highest BCUT2D eigenvalue weighted by Gasteiger charge is 2.20. The average molecular weight is 303 g/mol. The first-order chi connectivity index (χ1) is 9.11. The van der Waals surface area contributed by atoms with Gasteiger partial charge in [-0.05, 0) is 30.5 Å². The van der Waals surface area contributed by atoms with Crippen molar-refractivity contribution in [2.45, 2.75) is 31.2 Å². The second kappa shape index (κ2) is 6.21. The van der Waals surface area contributed by atoms with E-state index in [-0.39, 0.29) is 16.5 Å². The monoisotopic (exact) mass is 303 g/mol. The van der Waals surface area contributed by atoms with Gasteiger partial charge in [-0.2, -0.15) is 0 Å². The lowest BCUT2D eigenvalue weighted by atomic mass is 10.0. The number of benzene rings is 1. The summed E-state index contributed by atoms with van der Waals surface area (Å²) in [5.74, 6) is -1.74. The Morgan fingerprint density at radius 2 is 2.00 bits per heavy atom. The maximum absolute atomic E-state index is 13.8. The molecule has 0 radical (unpaired) electrons. The highest BCUT2D eigenvalue weighted by atomic mass is 32.2. The molecule has 1 atom stereocenters. The molecule has 0 heterocycles. The standard InChI is InChI=1S/C13H18FNO4S/c1-8(2)6-12(13(16)17)15-11-5-4-9(7-10(11)14)20(3,18)19/h4-5,7-8,12,15H,6H2,1-3H3,(H,16,17)/t12-/m0/s1. The van der Waals surface area contributed by atoms with Crippen LogP contribution in [0.5, 0.6) is 0 Å². The van der Waals surface area contributed by atoms with Crippen molar-refractivity contribution in [3.8, 4) is 0 Å². The lowest BCUT2D eigenvalue weighted by Gasteiger charge is -2.18. The summed E-state index contributed by atoms with van der Waals surface area (Å²) in [6.45, 7) is 3.72. The average Bonchev–Trinajstić information content (AvgIpc) is 2.28. The molecular formula is C13H18FNO4S. The van der Waals surface area contributed by atoms with Crippen LogP contribution in [0.3, 0.4) is 0 Å². The zero-order valence-electron chi connectivity index (χ0n) is 11.6. The van der Waals surface area contributed by atoms with Crippen LogP contribution in [0.1, 0.15) is 20.3 Å². The third-order valence-electron chi connectivity index (χ3n) is 2.70. The Balaban J connectivity index is 3.00. The van der Waals surface area contributed by atoms with Crippen LogP contribution in [0.25, 0.3) is 0 Å². The van der Waals surface area contributed by atoms with Gasteiger partial charge in [-0.1, -0.05) is 13.8 Å². The number of aliphatic carboxylic acids is 1. The maximum atomic E-state index is 13.8. The van der Waals surface area contributed by atoms with Crippen molar-refractivity contribution in [1.29, 1.82) is 0 Å². The van der Waals surface area contributed by atoms with Crippen molar-refractivity contribution < 1.29 is 22.7 Å². The van der Waals surface area contributed by atoms with E-state index in [2.05, 4.69) is 5.32 Å². The molecule has 0 fully saturated rings. The number of anilines is 1. The molecule has 1 rings (SSSR count). The Morgan fingerprint density at radius 3 is 2.40 bits per heavy atom. The van der Waals surface area contributed by atoms with E-state index in [4.69, 9.17) is 5.11 Å². The molecule has 2 N–H and O–H groups in total. The minimum absolute atomic E-state index is 0.0227. The number of carboxylic acids is 1. The molecule has 0 amide bonds. The van der Waals surface area contributed by atoms with E-state index >= 15 is 0 Å². The predicted molar refractivity (Wildman–Crippen MR) is 74.0 cm³/mol. The Kier molecular flexibility index (Phi) is 5.10. The van der Waals surface area contributed by atoms with Crippen molar-refractivity contribution >= 4 is 21.5 Å². The molecule has 0 bridgehead atoms. The maximum Gasteiger partial charge on any atom is 0.326 e. The number of hydrogen-bond donors (Lipinski definition) is 2. The number of nitrogens with one attached hydrogen (secondary N) is 1. The summed E-state index contributed by atoms with van der Waals surface area (Å²) in [5.41, 5.74) is -0.0227. The molecule has 1 aromatic carbocycles. The number of rotatable bonds is 6. The van der Waals surface area contributed by atoms with Crippen LogP contribution in [0, 0.1) is 11.7 Å². The normalized spacial score (nSPS) is 13.2. The van der Waals surface area contributed by atoms with Crippen LogP contribution in [0.4, 0.5) is 10.1 Å². The Morgan fingerprint density at radius 1 is 1.40 bits per heavy atom. The van der Waals surface area contributed by atoms with Crippen LogP contribution in [-0.4, -0.2) is 31.8 Å². The van der Waals surface area contributed by atoms with Crippen molar-refractivity contribution in [3.05, 3.63) is 24.0 Å². The van der Waals surface area contributed by atoms with Crippen LogP contribution in [0.15, 0.2) is 23.1 Å². The molecule has 0 saturated carbocycles. The summed E-state index contributed by atoms with van der Waals surface area (Å²) in [4.78, 5) is 11.0. The van der Waals surface area contributed by atoms with E-state index in [1.807, 2.05) is 13.8 Å². The Labute approximate surface area is 117 Å². The number of hydrogen-bond acceptors (Lipinski definition) is 4. The van der Waals surface area contributed by atoms with E-state index in [0.717, 1.165) is 12.3 Å². The fourth-order valence-electron chi connectivity index (χ4n) is 1.72. The van der Waals surface area contributed by atoms with Gasteiger partial charge >= 0.3 is 5.97 Å². The third-order valence-corrected chi connectivity index (χ3v) is 3.81. The minimum atomic E-state index is -3.49. The van der Waals surface area contributed by atoms with Gasteiger partial charge in [0.1, 0.15) is 11.9 Å². The van der Waals surface area contributed by atoms with Gasteiger partial charge in [0.25, 0.3) is 0 Å². The van der Waals surface area contributed by atoms with Crippen molar-refractivity contribution in [2.24, 2.45) is 5.92 Å². The van der Waals surface area contributed by atoms with E-state index in [0.29, 0.717) is 6.42 Å². The van der Waals surface area contributed by atoms with Crippen LogP contribution < -0.4 is 5.32 Å². The van der Waals surface area contributed by atoms with Crippen LogP contribution >= 0.6 is 0 Å². The van der Waals surface area contributed by atoms with E-state index in [9.17, 15) is 17.6 Å². The van der Waals surface area contributed by atoms with Gasteiger partial charge in [-0.15, -0.1) is 0 Å². The molecule has 0 spiro atoms. The molecule has 0 aliphatic heterocycles. The number of sulfone groups is 1. The smallest absolute Gasteiger partial charge is 0.326 e. The van der Waals surface area contributed by atoms with Crippen molar-refractivity contribution in [1.82, 2.24) is 0 Å². The van der Waals surface area contributed by atoms with Crippen LogP contribution in [0.2, 0.25) is 0 Å². The Bertz CT molecular complexity index is 598. The van der Waals surface area contributed by atoms with Gasteiger partial charge in [-0.3, -0.25) is 0 Å². The molecule has 112 valence electrons. The lowest BCUT2D eigenvalue weighted by Crippen LogP contribution is -2.31. The quantitative estimate of drug-likeness (QED) is 0.841. The zero-order chi connectivity index (χ0) is 15.5. The van der Waals surface area contributed by atoms with Gasteiger partial charge in [0.2, 0.25) is 0 Å². The minimum Gasteiger partial charge on any atom is -0.480 e. The summed E-state index contributed by atoms with van der Waals surface area (Å²) in [6, 6.07) is 2.44. The number of carboxylic acid groups (broad SMARTS) is 1. The van der Waals surface area contributed by atoms with Gasteiger partial charge in [0.15, 0.2) is 9.84 Å². The van der Waals surface area contributed by atoms with E-state index < -0.39 is 27.7 Å². The van der Waals surface area contributed by atoms with E-state index in [1.54, 1.807) is 0 Å². The van der Waals surface area contributed by atoms with Gasteiger partial charge < -0.3 is 10.4 Å². The summed E-state index contributed by atoms with van der Waals surface area (Å²) in [6.07, 6.45) is 1.32. The van der Waals surface area contributed by atoms with Gasteiger partial charge in [0.05, 0.1) is 10.6 Å². The summed E-state index contributed by atoms with van der Waals surface area (Å²) < 4.78 is 36.4. The second-order valence-corrected chi connectivity index (χ2v) is 7.09. The lowest BCUT2D eigenvalue weighted by molar-refractivity contribution is -0.138. The Hall–Kier alpha value is -1.63. The topological polar surface area (TPSA) is 83.5 Å². The molecule has 1 aromatic rings. The first-order valence-corrected chi connectivity index (χ1v) is 7.99. The molecule has 0 unspecified atom stereocenters. The molecule has 0 aliphatic carbocycles. The van der Waals surface area contributed by atoms with Crippen molar-refractivity contribution in [2.75, 3.05) is 11.6 Å². The fourth-order valence-corrected chi connectivity index (χ4v) is 2.36. The first kappa shape index (κ1) is 16.4.